The van der Waals surface area contributed by atoms with E-state index in [0.717, 1.165) is 44.0 Å². The van der Waals surface area contributed by atoms with Gasteiger partial charge in [0, 0.05) is 24.9 Å². The summed E-state index contributed by atoms with van der Waals surface area (Å²) in [6.07, 6.45) is 2.05. The van der Waals surface area contributed by atoms with Crippen LogP contribution < -0.4 is 5.73 Å². The van der Waals surface area contributed by atoms with Crippen molar-refractivity contribution in [2.45, 2.75) is 26.3 Å². The Balaban J connectivity index is 1.93. The quantitative estimate of drug-likeness (QED) is 0.799. The molecule has 1 saturated heterocycles. The second-order valence-electron chi connectivity index (χ2n) is 4.75. The van der Waals surface area contributed by atoms with Crippen LogP contribution in [0.25, 0.3) is 0 Å². The molecule has 2 heterocycles. The molecular formula is C12H20N4O. The van der Waals surface area contributed by atoms with Gasteiger partial charge in [0.15, 0.2) is 0 Å². The van der Waals surface area contributed by atoms with Crippen LogP contribution in [0.5, 0.6) is 0 Å². The predicted molar refractivity (Wildman–Crippen MR) is 66.3 cm³/mol. The zero-order chi connectivity index (χ0) is 12.3. The smallest absolute Gasteiger partial charge is 0.144 e. The van der Waals surface area contributed by atoms with Crippen molar-refractivity contribution in [3.05, 3.63) is 17.6 Å². The summed E-state index contributed by atoms with van der Waals surface area (Å²) in [5.74, 6) is 1.95. The number of aliphatic hydroxyl groups excluding tert-OH is 1. The Morgan fingerprint density at radius 1 is 1.53 bits per heavy atom. The molecule has 5 heteroatoms. The highest BCUT2D eigenvalue weighted by Crippen LogP contribution is 2.20. The molecule has 3 N–H and O–H groups in total. The molecule has 0 bridgehead atoms. The van der Waals surface area contributed by atoms with E-state index < -0.39 is 0 Å². The summed E-state index contributed by atoms with van der Waals surface area (Å²) in [5, 5.41) is 8.92. The van der Waals surface area contributed by atoms with E-state index in [4.69, 9.17) is 10.8 Å². The third kappa shape index (κ3) is 3.38. The minimum Gasteiger partial charge on any atom is -0.396 e. The SMILES string of the molecule is Cc1cc(N)nc(CN2CCC(CCO)C2)n1. The monoisotopic (exact) mass is 236 g/mol. The van der Waals surface area contributed by atoms with Crippen LogP contribution in [0.3, 0.4) is 0 Å². The van der Waals surface area contributed by atoms with Gasteiger partial charge in [0.2, 0.25) is 0 Å². The van der Waals surface area contributed by atoms with Crippen LogP contribution >= 0.6 is 0 Å². The Morgan fingerprint density at radius 3 is 3.06 bits per heavy atom. The van der Waals surface area contributed by atoms with Gasteiger partial charge in [-0.15, -0.1) is 0 Å². The van der Waals surface area contributed by atoms with Gasteiger partial charge < -0.3 is 10.8 Å². The van der Waals surface area contributed by atoms with Crippen LogP contribution in [0, 0.1) is 12.8 Å². The van der Waals surface area contributed by atoms with Crippen LogP contribution in [-0.2, 0) is 6.54 Å². The number of hydrogen-bond donors (Lipinski definition) is 2. The molecule has 1 aliphatic heterocycles. The van der Waals surface area contributed by atoms with Gasteiger partial charge in [-0.05, 0) is 32.2 Å². The molecule has 1 fully saturated rings. The lowest BCUT2D eigenvalue weighted by Gasteiger charge is -2.15. The molecule has 1 aromatic heterocycles. The number of nitrogens with two attached hydrogens (primary N) is 1. The molecule has 1 atom stereocenters. The molecule has 0 aliphatic carbocycles. The van der Waals surface area contributed by atoms with E-state index in [1.165, 1.54) is 0 Å². The Hall–Kier alpha value is -1.20. The number of rotatable bonds is 4. The summed E-state index contributed by atoms with van der Waals surface area (Å²) in [5.41, 5.74) is 6.62. The van der Waals surface area contributed by atoms with E-state index >= 15 is 0 Å². The van der Waals surface area contributed by atoms with Crippen molar-refractivity contribution in [2.75, 3.05) is 25.4 Å². The molecule has 5 nitrogen and oxygen atoms in total. The molecule has 94 valence electrons. The number of nitrogens with zero attached hydrogens (tertiary/aromatic N) is 3. The maximum atomic E-state index is 8.92. The normalized spacial score (nSPS) is 20.9. The second kappa shape index (κ2) is 5.42. The Kier molecular flexibility index (Phi) is 3.91. The molecule has 0 radical (unpaired) electrons. The zero-order valence-electron chi connectivity index (χ0n) is 10.3. The number of hydrogen-bond acceptors (Lipinski definition) is 5. The van der Waals surface area contributed by atoms with Crippen molar-refractivity contribution >= 4 is 5.82 Å². The van der Waals surface area contributed by atoms with Crippen molar-refractivity contribution in [3.63, 3.8) is 0 Å². The van der Waals surface area contributed by atoms with Crippen molar-refractivity contribution < 1.29 is 5.11 Å². The average molecular weight is 236 g/mol. The van der Waals surface area contributed by atoms with Crippen LogP contribution in [-0.4, -0.2) is 39.7 Å². The first kappa shape index (κ1) is 12.3. The number of nitrogen functional groups attached to an aromatic ring is 1. The fraction of sp³-hybridized carbons (Fsp3) is 0.667. The summed E-state index contributed by atoms with van der Waals surface area (Å²) < 4.78 is 0. The minimum atomic E-state index is 0.284. The molecule has 2 rings (SSSR count). The summed E-state index contributed by atoms with van der Waals surface area (Å²) in [6, 6.07) is 1.78. The third-order valence-corrected chi connectivity index (χ3v) is 3.19. The lowest BCUT2D eigenvalue weighted by Crippen LogP contribution is -2.22. The molecule has 1 aliphatic rings. The minimum absolute atomic E-state index is 0.284. The van der Waals surface area contributed by atoms with E-state index in [9.17, 15) is 0 Å². The van der Waals surface area contributed by atoms with Crippen LogP contribution in [0.15, 0.2) is 6.07 Å². The van der Waals surface area contributed by atoms with E-state index in [1.54, 1.807) is 6.07 Å². The molecule has 0 aromatic carbocycles. The summed E-state index contributed by atoms with van der Waals surface area (Å²) in [4.78, 5) is 11.0. The first-order valence-corrected chi connectivity index (χ1v) is 6.10. The number of aliphatic hydroxyl groups is 1. The summed E-state index contributed by atoms with van der Waals surface area (Å²) >= 11 is 0. The molecule has 17 heavy (non-hydrogen) atoms. The van der Waals surface area contributed by atoms with E-state index in [-0.39, 0.29) is 6.61 Å². The van der Waals surface area contributed by atoms with Gasteiger partial charge >= 0.3 is 0 Å². The maximum Gasteiger partial charge on any atom is 0.144 e. The number of aromatic nitrogens is 2. The molecule has 0 amide bonds. The standard InChI is InChI=1S/C12H20N4O/c1-9-6-11(13)15-12(14-9)8-16-4-2-10(7-16)3-5-17/h6,10,17H,2-5,7-8H2,1H3,(H2,13,14,15). The van der Waals surface area contributed by atoms with Crippen molar-refractivity contribution in [1.29, 1.82) is 0 Å². The van der Waals surface area contributed by atoms with E-state index in [2.05, 4.69) is 14.9 Å². The van der Waals surface area contributed by atoms with Crippen LogP contribution in [0.4, 0.5) is 5.82 Å². The van der Waals surface area contributed by atoms with Gasteiger partial charge in [-0.25, -0.2) is 9.97 Å². The first-order chi connectivity index (χ1) is 8.17. The van der Waals surface area contributed by atoms with Gasteiger partial charge in [0.25, 0.3) is 0 Å². The van der Waals surface area contributed by atoms with Crippen LogP contribution in [0.1, 0.15) is 24.4 Å². The number of anilines is 1. The summed E-state index contributed by atoms with van der Waals surface area (Å²) in [7, 11) is 0. The lowest BCUT2D eigenvalue weighted by atomic mass is 10.1. The lowest BCUT2D eigenvalue weighted by molar-refractivity contribution is 0.248. The molecule has 1 aromatic rings. The van der Waals surface area contributed by atoms with Crippen LogP contribution in [0.2, 0.25) is 0 Å². The number of aryl methyl sites for hydroxylation is 1. The molecular weight excluding hydrogens is 216 g/mol. The largest absolute Gasteiger partial charge is 0.396 e. The van der Waals surface area contributed by atoms with Gasteiger partial charge in [-0.3, -0.25) is 4.90 Å². The molecule has 0 saturated carbocycles. The van der Waals surface area contributed by atoms with Gasteiger partial charge in [-0.1, -0.05) is 0 Å². The number of likely N-dealkylation sites (tertiary alicyclic amines) is 1. The molecule has 0 spiro atoms. The van der Waals surface area contributed by atoms with E-state index in [1.807, 2.05) is 6.92 Å². The highest BCUT2D eigenvalue weighted by molar-refractivity contribution is 5.29. The average Bonchev–Trinajstić information content (AvgIpc) is 2.64. The highest BCUT2D eigenvalue weighted by Gasteiger charge is 2.22. The highest BCUT2D eigenvalue weighted by atomic mass is 16.3. The third-order valence-electron chi connectivity index (χ3n) is 3.19. The maximum absolute atomic E-state index is 8.92. The van der Waals surface area contributed by atoms with Gasteiger partial charge in [-0.2, -0.15) is 0 Å². The van der Waals surface area contributed by atoms with Gasteiger partial charge in [0.05, 0.1) is 6.54 Å². The second-order valence-corrected chi connectivity index (χ2v) is 4.75. The molecule has 1 unspecified atom stereocenters. The first-order valence-electron chi connectivity index (χ1n) is 6.10. The predicted octanol–water partition coefficient (Wildman–Crippen LogP) is 0.572. The van der Waals surface area contributed by atoms with Crippen molar-refractivity contribution in [1.82, 2.24) is 14.9 Å². The zero-order valence-corrected chi connectivity index (χ0v) is 10.3. The summed E-state index contributed by atoms with van der Waals surface area (Å²) in [6.45, 7) is 5.06. The fourth-order valence-electron chi connectivity index (χ4n) is 2.40. The van der Waals surface area contributed by atoms with Crippen molar-refractivity contribution in [2.24, 2.45) is 5.92 Å². The Morgan fingerprint density at radius 2 is 2.35 bits per heavy atom. The van der Waals surface area contributed by atoms with Crippen molar-refractivity contribution in [3.8, 4) is 0 Å². The fourth-order valence-corrected chi connectivity index (χ4v) is 2.40. The Labute approximate surface area is 102 Å². The van der Waals surface area contributed by atoms with E-state index in [0.29, 0.717) is 11.7 Å². The van der Waals surface area contributed by atoms with Gasteiger partial charge in [0.1, 0.15) is 11.6 Å². The Bertz CT molecular complexity index is 363. The topological polar surface area (TPSA) is 75.3 Å².